The number of hydrogen-bond donors (Lipinski definition) is 1. The van der Waals surface area contributed by atoms with E-state index in [4.69, 9.17) is 4.74 Å². The molecule has 1 amide bonds. The van der Waals surface area contributed by atoms with Crippen molar-refractivity contribution < 1.29 is 9.53 Å². The Morgan fingerprint density at radius 1 is 1.14 bits per heavy atom. The van der Waals surface area contributed by atoms with Crippen LogP contribution in [-0.4, -0.2) is 13.0 Å². The van der Waals surface area contributed by atoms with Crippen molar-refractivity contribution in [2.45, 2.75) is 26.2 Å². The maximum Gasteiger partial charge on any atom is 0.228 e. The van der Waals surface area contributed by atoms with Gasteiger partial charge in [0.05, 0.1) is 7.11 Å². The molecule has 2 atom stereocenters. The Morgan fingerprint density at radius 3 is 2.55 bits per heavy atom. The van der Waals surface area contributed by atoms with Gasteiger partial charge in [0.1, 0.15) is 5.75 Å². The Morgan fingerprint density at radius 2 is 1.86 bits per heavy atom. The summed E-state index contributed by atoms with van der Waals surface area (Å²) in [7, 11) is 1.66. The third-order valence-corrected chi connectivity index (χ3v) is 4.32. The molecule has 1 fully saturated rings. The van der Waals surface area contributed by atoms with E-state index < -0.39 is 0 Å². The van der Waals surface area contributed by atoms with Crippen molar-refractivity contribution in [3.8, 4) is 5.75 Å². The minimum Gasteiger partial charge on any atom is -0.497 e. The molecule has 3 rings (SSSR count). The van der Waals surface area contributed by atoms with Gasteiger partial charge in [-0.3, -0.25) is 4.79 Å². The lowest BCUT2D eigenvalue weighted by atomic mass is 10.1. The molecule has 2 aromatic carbocycles. The van der Waals surface area contributed by atoms with E-state index in [1.54, 1.807) is 7.11 Å². The lowest BCUT2D eigenvalue weighted by Crippen LogP contribution is -2.15. The van der Waals surface area contributed by atoms with Crippen LogP contribution in [0.4, 0.5) is 5.69 Å². The quantitative estimate of drug-likeness (QED) is 0.924. The highest BCUT2D eigenvalue weighted by Gasteiger charge is 2.43. The molecule has 2 unspecified atom stereocenters. The molecule has 0 heterocycles. The summed E-state index contributed by atoms with van der Waals surface area (Å²) in [4.78, 5) is 12.4. The topological polar surface area (TPSA) is 38.3 Å². The fourth-order valence-electron chi connectivity index (χ4n) is 2.80. The van der Waals surface area contributed by atoms with Crippen LogP contribution in [0.2, 0.25) is 0 Å². The van der Waals surface area contributed by atoms with Gasteiger partial charge in [-0.05, 0) is 61.1 Å². The predicted octanol–water partition coefficient (Wildman–Crippen LogP) is 4.05. The van der Waals surface area contributed by atoms with E-state index >= 15 is 0 Å². The third kappa shape index (κ3) is 2.98. The van der Waals surface area contributed by atoms with E-state index in [0.29, 0.717) is 5.92 Å². The van der Waals surface area contributed by atoms with Crippen LogP contribution in [0.3, 0.4) is 0 Å². The number of carbonyl (C=O) groups excluding carboxylic acids is 1. The van der Waals surface area contributed by atoms with Gasteiger partial charge in [-0.1, -0.05) is 24.3 Å². The van der Waals surface area contributed by atoms with Crippen LogP contribution >= 0.6 is 0 Å². The highest BCUT2D eigenvalue weighted by molar-refractivity contribution is 5.95. The normalized spacial score (nSPS) is 19.6. The summed E-state index contributed by atoms with van der Waals surface area (Å²) < 4.78 is 5.17. The second-order valence-electron chi connectivity index (χ2n) is 6.03. The van der Waals surface area contributed by atoms with E-state index in [-0.39, 0.29) is 11.8 Å². The zero-order valence-electron chi connectivity index (χ0n) is 13.2. The molecular weight excluding hydrogens is 274 g/mol. The van der Waals surface area contributed by atoms with Gasteiger partial charge in [0.15, 0.2) is 0 Å². The second-order valence-corrected chi connectivity index (χ2v) is 6.03. The van der Waals surface area contributed by atoms with Crippen LogP contribution in [0.25, 0.3) is 0 Å². The summed E-state index contributed by atoms with van der Waals surface area (Å²) >= 11 is 0. The first-order valence-electron chi connectivity index (χ1n) is 7.60. The van der Waals surface area contributed by atoms with Crippen molar-refractivity contribution in [1.29, 1.82) is 0 Å². The number of aryl methyl sites for hydroxylation is 2. The van der Waals surface area contributed by atoms with Gasteiger partial charge < -0.3 is 10.1 Å². The SMILES string of the molecule is COc1ccc(C2CC2C(=O)Nc2cc(C)ccc2C)cc1. The van der Waals surface area contributed by atoms with Crippen molar-refractivity contribution in [2.24, 2.45) is 5.92 Å². The summed E-state index contributed by atoms with van der Waals surface area (Å²) in [6.45, 7) is 4.05. The fraction of sp³-hybridized carbons (Fsp3) is 0.316. The minimum absolute atomic E-state index is 0.0771. The van der Waals surface area contributed by atoms with E-state index in [2.05, 4.69) is 23.5 Å². The van der Waals surface area contributed by atoms with Gasteiger partial charge in [0.2, 0.25) is 5.91 Å². The van der Waals surface area contributed by atoms with E-state index in [1.807, 2.05) is 38.1 Å². The molecule has 0 bridgehead atoms. The highest BCUT2D eigenvalue weighted by Crippen LogP contribution is 2.48. The maximum atomic E-state index is 12.4. The van der Waals surface area contributed by atoms with Crippen LogP contribution < -0.4 is 10.1 Å². The minimum atomic E-state index is 0.0771. The highest BCUT2D eigenvalue weighted by atomic mass is 16.5. The van der Waals surface area contributed by atoms with Crippen molar-refractivity contribution in [3.05, 3.63) is 59.2 Å². The standard InChI is InChI=1S/C19H21NO2/c1-12-4-5-13(2)18(10-12)20-19(21)17-11-16(17)14-6-8-15(22-3)9-7-14/h4-10,16-17H,11H2,1-3H3,(H,20,21). The number of ether oxygens (including phenoxy) is 1. The molecule has 1 saturated carbocycles. The molecule has 1 aliphatic rings. The average Bonchev–Trinajstić information content (AvgIpc) is 3.32. The summed E-state index contributed by atoms with van der Waals surface area (Å²) in [5.74, 6) is 1.37. The lowest BCUT2D eigenvalue weighted by Gasteiger charge is -2.09. The first-order chi connectivity index (χ1) is 10.6. The molecule has 0 aliphatic heterocycles. The monoisotopic (exact) mass is 295 g/mol. The van der Waals surface area contributed by atoms with Gasteiger partial charge in [-0.25, -0.2) is 0 Å². The molecule has 22 heavy (non-hydrogen) atoms. The van der Waals surface area contributed by atoms with Crippen LogP contribution in [0.15, 0.2) is 42.5 Å². The Balaban J connectivity index is 1.66. The number of carbonyl (C=O) groups is 1. The van der Waals surface area contributed by atoms with Gasteiger partial charge in [-0.2, -0.15) is 0 Å². The largest absolute Gasteiger partial charge is 0.497 e. The molecule has 1 N–H and O–H groups in total. The Kier molecular flexibility index (Phi) is 3.88. The van der Waals surface area contributed by atoms with Gasteiger partial charge in [0, 0.05) is 11.6 Å². The number of amides is 1. The van der Waals surface area contributed by atoms with Crippen molar-refractivity contribution in [3.63, 3.8) is 0 Å². The molecule has 0 radical (unpaired) electrons. The van der Waals surface area contributed by atoms with Crippen LogP contribution in [0.1, 0.15) is 29.0 Å². The molecule has 0 aromatic heterocycles. The summed E-state index contributed by atoms with van der Waals surface area (Å²) in [6, 6.07) is 14.1. The number of methoxy groups -OCH3 is 1. The van der Waals surface area contributed by atoms with Crippen molar-refractivity contribution in [2.75, 3.05) is 12.4 Å². The van der Waals surface area contributed by atoms with Crippen molar-refractivity contribution in [1.82, 2.24) is 0 Å². The summed E-state index contributed by atoms with van der Waals surface area (Å²) in [5, 5.41) is 3.07. The van der Waals surface area contributed by atoms with Gasteiger partial charge in [0.25, 0.3) is 0 Å². The number of nitrogens with one attached hydrogen (secondary N) is 1. The maximum absolute atomic E-state index is 12.4. The molecule has 3 heteroatoms. The molecule has 0 spiro atoms. The Bertz CT molecular complexity index is 691. The predicted molar refractivity (Wildman–Crippen MR) is 88.4 cm³/mol. The molecule has 114 valence electrons. The zero-order chi connectivity index (χ0) is 15.7. The number of hydrogen-bond acceptors (Lipinski definition) is 2. The molecule has 0 saturated heterocycles. The Labute approximate surface area is 131 Å². The smallest absolute Gasteiger partial charge is 0.228 e. The fourth-order valence-corrected chi connectivity index (χ4v) is 2.80. The molecule has 3 nitrogen and oxygen atoms in total. The first kappa shape index (κ1) is 14.6. The van der Waals surface area contributed by atoms with E-state index in [9.17, 15) is 4.79 Å². The molecular formula is C19H21NO2. The third-order valence-electron chi connectivity index (χ3n) is 4.32. The second kappa shape index (κ2) is 5.84. The van der Waals surface area contributed by atoms with E-state index in [1.165, 1.54) is 5.56 Å². The average molecular weight is 295 g/mol. The zero-order valence-corrected chi connectivity index (χ0v) is 13.2. The van der Waals surface area contributed by atoms with Crippen molar-refractivity contribution >= 4 is 11.6 Å². The Hall–Kier alpha value is -2.29. The molecule has 2 aromatic rings. The summed E-state index contributed by atoms with van der Waals surface area (Å²) in [5.41, 5.74) is 4.39. The summed E-state index contributed by atoms with van der Waals surface area (Å²) in [6.07, 6.45) is 0.920. The molecule has 1 aliphatic carbocycles. The number of anilines is 1. The number of benzene rings is 2. The van der Waals surface area contributed by atoms with Gasteiger partial charge >= 0.3 is 0 Å². The van der Waals surface area contributed by atoms with Gasteiger partial charge in [-0.15, -0.1) is 0 Å². The van der Waals surface area contributed by atoms with E-state index in [0.717, 1.165) is 29.0 Å². The van der Waals surface area contributed by atoms with Crippen LogP contribution in [-0.2, 0) is 4.79 Å². The number of rotatable bonds is 4. The van der Waals surface area contributed by atoms with Crippen LogP contribution in [0.5, 0.6) is 5.75 Å². The lowest BCUT2D eigenvalue weighted by molar-refractivity contribution is -0.117. The first-order valence-corrected chi connectivity index (χ1v) is 7.60. The van der Waals surface area contributed by atoms with Crippen LogP contribution in [0, 0.1) is 19.8 Å².